The quantitative estimate of drug-likeness (QED) is 0.743. The fourth-order valence-corrected chi connectivity index (χ4v) is 2.44. The van der Waals surface area contributed by atoms with Gasteiger partial charge in [0.1, 0.15) is 5.69 Å². The molecule has 0 saturated carbocycles. The lowest BCUT2D eigenvalue weighted by Gasteiger charge is -2.25. The molecule has 3 rings (SSSR count). The third-order valence-electron chi connectivity index (χ3n) is 3.58. The monoisotopic (exact) mass is 298 g/mol. The van der Waals surface area contributed by atoms with Crippen LogP contribution in [0, 0.1) is 0 Å². The Kier molecular flexibility index (Phi) is 3.69. The molecule has 0 saturated heterocycles. The topological polar surface area (TPSA) is 104 Å². The lowest BCUT2D eigenvalue weighted by atomic mass is 9.90. The van der Waals surface area contributed by atoms with Gasteiger partial charge in [-0.2, -0.15) is 5.10 Å². The summed E-state index contributed by atoms with van der Waals surface area (Å²) >= 11 is 0. The van der Waals surface area contributed by atoms with Gasteiger partial charge in [0.15, 0.2) is 0 Å². The number of aromatic amines is 1. The zero-order chi connectivity index (χ0) is 15.5. The Bertz CT molecular complexity index is 764. The van der Waals surface area contributed by atoms with E-state index in [-0.39, 0.29) is 29.0 Å². The van der Waals surface area contributed by atoms with Gasteiger partial charge in [-0.1, -0.05) is 18.2 Å². The first kappa shape index (κ1) is 14.0. The number of hydrogen-bond donors (Lipinski definition) is 3. The number of benzene rings is 1. The summed E-state index contributed by atoms with van der Waals surface area (Å²) in [6, 6.07) is 9.95. The molecule has 7 heteroatoms. The van der Waals surface area contributed by atoms with Crippen molar-refractivity contribution in [1.82, 2.24) is 20.8 Å². The predicted molar refractivity (Wildman–Crippen MR) is 78.7 cm³/mol. The molecule has 0 spiro atoms. The molecule has 3 N–H and O–H groups in total. The van der Waals surface area contributed by atoms with Crippen molar-refractivity contribution >= 4 is 11.8 Å². The molecule has 2 heterocycles. The number of H-pyrrole nitrogens is 1. The molecule has 0 fully saturated rings. The van der Waals surface area contributed by atoms with Crippen LogP contribution in [-0.2, 0) is 0 Å². The molecular formula is C15H14N4O3. The van der Waals surface area contributed by atoms with E-state index in [0.29, 0.717) is 18.7 Å². The minimum absolute atomic E-state index is 0.000566. The van der Waals surface area contributed by atoms with Crippen LogP contribution in [-0.4, -0.2) is 35.1 Å². The van der Waals surface area contributed by atoms with Crippen molar-refractivity contribution in [2.75, 3.05) is 13.1 Å². The number of nitrogens with zero attached hydrogens (tertiary/aromatic N) is 1. The predicted octanol–water partition coefficient (Wildman–Crippen LogP) is 0.0269. The van der Waals surface area contributed by atoms with Crippen molar-refractivity contribution < 1.29 is 9.59 Å². The maximum absolute atomic E-state index is 12.0. The molecule has 1 aliphatic heterocycles. The summed E-state index contributed by atoms with van der Waals surface area (Å²) in [5.74, 6) is -0.466. The minimum Gasteiger partial charge on any atom is -0.351 e. The smallest absolute Gasteiger partial charge is 0.271 e. The maximum atomic E-state index is 12.0. The first-order valence-corrected chi connectivity index (χ1v) is 6.86. The molecule has 1 aliphatic rings. The second kappa shape index (κ2) is 5.80. The Labute approximate surface area is 125 Å². The standard InChI is InChI=1S/C15H14N4O3/c20-13-6-5-12(18-19-13)15(22)17-8-9-7-16-14(21)11-4-2-1-3-10(9)11/h1-6,9H,7-8H2,(H,16,21)(H,17,22)(H,19,20). The first-order chi connectivity index (χ1) is 10.6. The molecule has 1 aromatic carbocycles. The van der Waals surface area contributed by atoms with E-state index in [9.17, 15) is 14.4 Å². The molecule has 1 atom stereocenters. The summed E-state index contributed by atoms with van der Waals surface area (Å²) in [7, 11) is 0. The number of amides is 2. The van der Waals surface area contributed by atoms with Crippen LogP contribution in [0.25, 0.3) is 0 Å². The zero-order valence-corrected chi connectivity index (χ0v) is 11.6. The lowest BCUT2D eigenvalue weighted by molar-refractivity contribution is 0.0934. The summed E-state index contributed by atoms with van der Waals surface area (Å²) in [4.78, 5) is 34.7. The van der Waals surface area contributed by atoms with E-state index < -0.39 is 0 Å². The highest BCUT2D eigenvalue weighted by atomic mass is 16.2. The van der Waals surface area contributed by atoms with Gasteiger partial charge in [-0.15, -0.1) is 0 Å². The summed E-state index contributed by atoms with van der Waals surface area (Å²) in [5.41, 5.74) is 1.34. The van der Waals surface area contributed by atoms with Gasteiger partial charge in [0, 0.05) is 30.6 Å². The van der Waals surface area contributed by atoms with Crippen LogP contribution in [0.15, 0.2) is 41.2 Å². The normalized spacial score (nSPS) is 16.5. The van der Waals surface area contributed by atoms with Crippen LogP contribution in [0.2, 0.25) is 0 Å². The molecule has 1 aromatic heterocycles. The van der Waals surface area contributed by atoms with Gasteiger partial charge in [-0.25, -0.2) is 5.10 Å². The maximum Gasteiger partial charge on any atom is 0.271 e. The van der Waals surface area contributed by atoms with E-state index in [1.54, 1.807) is 6.07 Å². The third-order valence-corrected chi connectivity index (χ3v) is 3.58. The van der Waals surface area contributed by atoms with Crippen molar-refractivity contribution in [2.24, 2.45) is 0 Å². The van der Waals surface area contributed by atoms with Crippen molar-refractivity contribution in [2.45, 2.75) is 5.92 Å². The Morgan fingerprint density at radius 1 is 1.23 bits per heavy atom. The van der Waals surface area contributed by atoms with E-state index >= 15 is 0 Å². The SMILES string of the molecule is O=C(NCC1CNC(=O)c2ccccc21)c1ccc(=O)[nH]n1. The van der Waals surface area contributed by atoms with E-state index in [0.717, 1.165) is 5.56 Å². The Hall–Kier alpha value is -2.96. The first-order valence-electron chi connectivity index (χ1n) is 6.86. The molecule has 0 radical (unpaired) electrons. The Morgan fingerprint density at radius 2 is 2.05 bits per heavy atom. The van der Waals surface area contributed by atoms with Gasteiger partial charge < -0.3 is 10.6 Å². The fraction of sp³-hybridized carbons (Fsp3) is 0.200. The molecular weight excluding hydrogens is 284 g/mol. The molecule has 112 valence electrons. The van der Waals surface area contributed by atoms with Crippen LogP contribution < -0.4 is 16.2 Å². The third kappa shape index (κ3) is 2.73. The number of hydrogen-bond acceptors (Lipinski definition) is 4. The zero-order valence-electron chi connectivity index (χ0n) is 11.6. The van der Waals surface area contributed by atoms with Gasteiger partial charge in [0.25, 0.3) is 17.4 Å². The van der Waals surface area contributed by atoms with Gasteiger partial charge in [0.05, 0.1) is 0 Å². The average Bonchev–Trinajstić information content (AvgIpc) is 2.55. The van der Waals surface area contributed by atoms with Gasteiger partial charge in [-0.05, 0) is 17.7 Å². The second-order valence-corrected chi connectivity index (χ2v) is 5.01. The highest BCUT2D eigenvalue weighted by Crippen LogP contribution is 2.23. The minimum atomic E-state index is -0.370. The highest BCUT2D eigenvalue weighted by molar-refractivity contribution is 5.97. The van der Waals surface area contributed by atoms with E-state index in [1.165, 1.54) is 12.1 Å². The summed E-state index contributed by atoms with van der Waals surface area (Å²) < 4.78 is 0. The lowest BCUT2D eigenvalue weighted by Crippen LogP contribution is -2.40. The number of carbonyl (C=O) groups is 2. The number of rotatable bonds is 3. The molecule has 22 heavy (non-hydrogen) atoms. The summed E-state index contributed by atoms with van der Waals surface area (Å²) in [6.07, 6.45) is 0. The van der Waals surface area contributed by atoms with E-state index in [1.807, 2.05) is 18.2 Å². The van der Waals surface area contributed by atoms with Crippen molar-refractivity contribution in [3.05, 3.63) is 63.6 Å². The molecule has 2 amide bonds. The van der Waals surface area contributed by atoms with E-state index in [2.05, 4.69) is 20.8 Å². The van der Waals surface area contributed by atoms with Crippen LogP contribution in [0.1, 0.15) is 32.3 Å². The summed E-state index contributed by atoms with van der Waals surface area (Å²) in [5, 5.41) is 11.5. The largest absolute Gasteiger partial charge is 0.351 e. The van der Waals surface area contributed by atoms with Crippen molar-refractivity contribution in [3.8, 4) is 0 Å². The summed E-state index contributed by atoms with van der Waals surface area (Å²) in [6.45, 7) is 0.839. The number of aromatic nitrogens is 2. The molecule has 2 aromatic rings. The van der Waals surface area contributed by atoms with Gasteiger partial charge >= 0.3 is 0 Å². The second-order valence-electron chi connectivity index (χ2n) is 5.01. The van der Waals surface area contributed by atoms with Crippen LogP contribution in [0.3, 0.4) is 0 Å². The number of fused-ring (bicyclic) bond motifs is 1. The van der Waals surface area contributed by atoms with Crippen LogP contribution in [0.5, 0.6) is 0 Å². The highest BCUT2D eigenvalue weighted by Gasteiger charge is 2.25. The molecule has 0 bridgehead atoms. The molecule has 0 aliphatic carbocycles. The number of nitrogens with one attached hydrogen (secondary N) is 3. The fourth-order valence-electron chi connectivity index (χ4n) is 2.44. The molecule has 7 nitrogen and oxygen atoms in total. The van der Waals surface area contributed by atoms with Crippen molar-refractivity contribution in [1.29, 1.82) is 0 Å². The Morgan fingerprint density at radius 3 is 2.82 bits per heavy atom. The van der Waals surface area contributed by atoms with Gasteiger partial charge in [0.2, 0.25) is 0 Å². The average molecular weight is 298 g/mol. The Balaban J connectivity index is 1.71. The van der Waals surface area contributed by atoms with Crippen LogP contribution in [0.4, 0.5) is 0 Å². The van der Waals surface area contributed by atoms with Gasteiger partial charge in [-0.3, -0.25) is 14.4 Å². The van der Waals surface area contributed by atoms with Crippen LogP contribution >= 0.6 is 0 Å². The van der Waals surface area contributed by atoms with E-state index in [4.69, 9.17) is 0 Å². The number of carbonyl (C=O) groups excluding carboxylic acids is 2. The van der Waals surface area contributed by atoms with Crippen molar-refractivity contribution in [3.63, 3.8) is 0 Å². The molecule has 1 unspecified atom stereocenters.